The van der Waals surface area contributed by atoms with Gasteiger partial charge in [0.1, 0.15) is 11.3 Å². The zero-order valence-corrected chi connectivity index (χ0v) is 15.8. The van der Waals surface area contributed by atoms with Crippen molar-refractivity contribution in [2.75, 3.05) is 6.61 Å². The van der Waals surface area contributed by atoms with Crippen molar-refractivity contribution in [2.24, 2.45) is 0 Å². The van der Waals surface area contributed by atoms with Crippen LogP contribution in [0.1, 0.15) is 73.1 Å². The van der Waals surface area contributed by atoms with Gasteiger partial charge in [-0.25, -0.2) is 4.79 Å². The standard InChI is InChI=1S/C19H33NO4/c1-18(2,3)24-17(22)20-15(13-23-19(20,4)5)16(21)14-11-9-7-6-8-10-12-14/h11,15-16,21H,6-10,12-13H2,1-5H3/t15-,16+/m0/s1. The van der Waals surface area contributed by atoms with Crippen LogP contribution < -0.4 is 0 Å². The molecule has 5 heteroatoms. The van der Waals surface area contributed by atoms with Gasteiger partial charge in [-0.1, -0.05) is 18.9 Å². The Morgan fingerprint density at radius 1 is 1.33 bits per heavy atom. The molecule has 0 radical (unpaired) electrons. The van der Waals surface area contributed by atoms with Crippen LogP contribution in [0.15, 0.2) is 11.6 Å². The lowest BCUT2D eigenvalue weighted by atomic mass is 9.92. The second-order valence-corrected chi connectivity index (χ2v) is 8.35. The largest absolute Gasteiger partial charge is 0.444 e. The highest BCUT2D eigenvalue weighted by Crippen LogP contribution is 2.34. The van der Waals surface area contributed by atoms with Crippen molar-refractivity contribution in [3.63, 3.8) is 0 Å². The number of aliphatic hydroxyl groups excluding tert-OH is 1. The Morgan fingerprint density at radius 2 is 2.00 bits per heavy atom. The summed E-state index contributed by atoms with van der Waals surface area (Å²) in [6.07, 6.45) is 7.62. The molecule has 1 aliphatic heterocycles. The number of hydrogen-bond donors (Lipinski definition) is 1. The summed E-state index contributed by atoms with van der Waals surface area (Å²) < 4.78 is 11.4. The Labute approximate surface area is 146 Å². The van der Waals surface area contributed by atoms with Crippen molar-refractivity contribution in [1.29, 1.82) is 0 Å². The molecular weight excluding hydrogens is 306 g/mol. The van der Waals surface area contributed by atoms with Crippen molar-refractivity contribution in [2.45, 2.75) is 96.6 Å². The molecule has 0 aromatic heterocycles. The van der Waals surface area contributed by atoms with Crippen LogP contribution in [-0.2, 0) is 9.47 Å². The van der Waals surface area contributed by atoms with Gasteiger partial charge >= 0.3 is 6.09 Å². The predicted octanol–water partition coefficient (Wildman–Crippen LogP) is 4.00. The van der Waals surface area contributed by atoms with E-state index in [0.29, 0.717) is 6.61 Å². The van der Waals surface area contributed by atoms with E-state index in [2.05, 4.69) is 6.08 Å². The van der Waals surface area contributed by atoms with E-state index < -0.39 is 29.6 Å². The third kappa shape index (κ3) is 4.73. The molecule has 0 saturated carbocycles. The highest BCUT2D eigenvalue weighted by molar-refractivity contribution is 5.70. The van der Waals surface area contributed by atoms with Crippen molar-refractivity contribution in [3.05, 3.63) is 11.6 Å². The van der Waals surface area contributed by atoms with E-state index in [4.69, 9.17) is 9.47 Å². The molecule has 2 rings (SSSR count). The number of aliphatic hydroxyl groups is 1. The number of carbonyl (C=O) groups is 1. The molecule has 1 fully saturated rings. The van der Waals surface area contributed by atoms with Crippen molar-refractivity contribution < 1.29 is 19.4 Å². The monoisotopic (exact) mass is 339 g/mol. The van der Waals surface area contributed by atoms with Gasteiger partial charge in [0.05, 0.1) is 18.8 Å². The topological polar surface area (TPSA) is 59.0 Å². The quantitative estimate of drug-likeness (QED) is 0.773. The van der Waals surface area contributed by atoms with Crippen molar-refractivity contribution in [1.82, 2.24) is 4.90 Å². The summed E-state index contributed by atoms with van der Waals surface area (Å²) in [5.41, 5.74) is -0.324. The van der Waals surface area contributed by atoms with Crippen LogP contribution >= 0.6 is 0 Å². The van der Waals surface area contributed by atoms with E-state index in [1.54, 1.807) is 4.90 Å². The first kappa shape index (κ1) is 19.3. The first-order chi connectivity index (χ1) is 11.1. The molecule has 2 atom stereocenters. The third-order valence-electron chi connectivity index (χ3n) is 4.68. The van der Waals surface area contributed by atoms with E-state index in [-0.39, 0.29) is 0 Å². The molecule has 0 aromatic carbocycles. The molecule has 1 N–H and O–H groups in total. The third-order valence-corrected chi connectivity index (χ3v) is 4.68. The summed E-state index contributed by atoms with van der Waals surface area (Å²) in [4.78, 5) is 14.3. The van der Waals surface area contributed by atoms with Gasteiger partial charge in [0.2, 0.25) is 0 Å². The molecule has 0 unspecified atom stereocenters. The molecule has 0 bridgehead atoms. The van der Waals surface area contributed by atoms with E-state index >= 15 is 0 Å². The maximum Gasteiger partial charge on any atom is 0.413 e. The maximum absolute atomic E-state index is 12.7. The number of ether oxygens (including phenoxy) is 2. The minimum absolute atomic E-state index is 0.324. The number of hydrogen-bond acceptors (Lipinski definition) is 4. The maximum atomic E-state index is 12.7. The van der Waals surface area contributed by atoms with Crippen LogP contribution in [0, 0.1) is 0 Å². The lowest BCUT2D eigenvalue weighted by Gasteiger charge is -2.37. The molecule has 1 saturated heterocycles. The van der Waals surface area contributed by atoms with Crippen molar-refractivity contribution in [3.8, 4) is 0 Å². The van der Waals surface area contributed by atoms with Gasteiger partial charge in [-0.05, 0) is 65.9 Å². The highest BCUT2D eigenvalue weighted by atomic mass is 16.6. The summed E-state index contributed by atoms with van der Waals surface area (Å²) in [5, 5.41) is 10.9. The lowest BCUT2D eigenvalue weighted by molar-refractivity contribution is -0.0665. The molecule has 0 spiro atoms. The molecule has 5 nitrogen and oxygen atoms in total. The fraction of sp³-hybridized carbons (Fsp3) is 0.842. The molecule has 24 heavy (non-hydrogen) atoms. The number of rotatable bonds is 2. The van der Waals surface area contributed by atoms with E-state index in [1.807, 2.05) is 34.6 Å². The Hall–Kier alpha value is -1.07. The van der Waals surface area contributed by atoms with Crippen LogP contribution in [0.4, 0.5) is 4.79 Å². The molecule has 1 aliphatic carbocycles. The Morgan fingerprint density at radius 3 is 2.67 bits per heavy atom. The van der Waals surface area contributed by atoms with Gasteiger partial charge in [0, 0.05) is 0 Å². The van der Waals surface area contributed by atoms with Crippen molar-refractivity contribution >= 4 is 6.09 Å². The summed E-state index contributed by atoms with van der Waals surface area (Å²) in [7, 11) is 0. The molecule has 138 valence electrons. The average molecular weight is 339 g/mol. The van der Waals surface area contributed by atoms with Crippen LogP contribution in [0.5, 0.6) is 0 Å². The molecule has 1 amide bonds. The van der Waals surface area contributed by atoms with Gasteiger partial charge in [0.15, 0.2) is 0 Å². The van der Waals surface area contributed by atoms with Gasteiger partial charge in [-0.2, -0.15) is 0 Å². The Bertz CT molecular complexity index is 478. The Balaban J connectivity index is 2.18. The number of carbonyl (C=O) groups excluding carboxylic acids is 1. The van der Waals surface area contributed by atoms with Gasteiger partial charge in [-0.3, -0.25) is 4.90 Å². The lowest BCUT2D eigenvalue weighted by Crippen LogP contribution is -2.53. The van der Waals surface area contributed by atoms with Gasteiger partial charge in [-0.15, -0.1) is 0 Å². The van der Waals surface area contributed by atoms with Crippen LogP contribution in [0.3, 0.4) is 0 Å². The summed E-state index contributed by atoms with van der Waals surface area (Å²) in [6, 6.07) is -0.402. The first-order valence-corrected chi connectivity index (χ1v) is 9.15. The summed E-state index contributed by atoms with van der Waals surface area (Å²) >= 11 is 0. The fourth-order valence-corrected chi connectivity index (χ4v) is 3.46. The molecule has 1 heterocycles. The smallest absolute Gasteiger partial charge is 0.413 e. The SMILES string of the molecule is CC(C)(C)OC(=O)N1[C@H]([C@H](O)C2=CCCCCCC2)COC1(C)C. The molecular formula is C19H33NO4. The highest BCUT2D eigenvalue weighted by Gasteiger charge is 2.48. The van der Waals surface area contributed by atoms with Gasteiger partial charge < -0.3 is 14.6 Å². The normalized spacial score (nSPS) is 26.3. The fourth-order valence-electron chi connectivity index (χ4n) is 3.46. The van der Waals surface area contributed by atoms with E-state index in [1.165, 1.54) is 19.3 Å². The van der Waals surface area contributed by atoms with E-state index in [9.17, 15) is 9.90 Å². The number of allylic oxidation sites excluding steroid dienone is 1. The predicted molar refractivity (Wildman–Crippen MR) is 93.7 cm³/mol. The zero-order chi connectivity index (χ0) is 18.0. The number of amides is 1. The minimum Gasteiger partial charge on any atom is -0.444 e. The summed E-state index contributed by atoms with van der Waals surface area (Å²) in [6.45, 7) is 9.55. The summed E-state index contributed by atoms with van der Waals surface area (Å²) in [5.74, 6) is 0. The average Bonchev–Trinajstić information content (AvgIpc) is 2.71. The van der Waals surface area contributed by atoms with E-state index in [0.717, 1.165) is 24.8 Å². The Kier molecular flexibility index (Phi) is 5.97. The second-order valence-electron chi connectivity index (χ2n) is 8.35. The first-order valence-electron chi connectivity index (χ1n) is 9.15. The molecule has 2 aliphatic rings. The zero-order valence-electron chi connectivity index (χ0n) is 15.8. The van der Waals surface area contributed by atoms with Crippen LogP contribution in [0.2, 0.25) is 0 Å². The minimum atomic E-state index is -0.782. The van der Waals surface area contributed by atoms with Crippen LogP contribution in [0.25, 0.3) is 0 Å². The second kappa shape index (κ2) is 7.44. The van der Waals surface area contributed by atoms with Gasteiger partial charge in [0.25, 0.3) is 0 Å². The van der Waals surface area contributed by atoms with Crippen LogP contribution in [-0.4, -0.2) is 46.2 Å². The molecule has 0 aromatic rings. The number of nitrogens with zero attached hydrogens (tertiary/aromatic N) is 1.